The predicted octanol–water partition coefficient (Wildman–Crippen LogP) is 4.23. The molecule has 0 aliphatic rings. The highest BCUT2D eigenvalue weighted by molar-refractivity contribution is 7.99. The number of nitrogens with one attached hydrogen (secondary N) is 1. The standard InChI is InChI=1S/C20H18FN3OS/c1-13-4-3-5-17-14(2)10-19(23-20(13)17)26-12-18(25)24-22-11-15-6-8-16(21)9-7-15/h3-11H,12H2,1-2H3,(H,24,25). The molecule has 132 valence electrons. The number of hydrogen-bond donors (Lipinski definition) is 1. The van der Waals surface area contributed by atoms with E-state index in [9.17, 15) is 9.18 Å². The number of fused-ring (bicyclic) bond motifs is 1. The Morgan fingerprint density at radius 1 is 1.19 bits per heavy atom. The third-order valence-corrected chi connectivity index (χ3v) is 4.76. The van der Waals surface area contributed by atoms with E-state index in [2.05, 4.69) is 21.6 Å². The van der Waals surface area contributed by atoms with E-state index in [-0.39, 0.29) is 17.5 Å². The molecule has 0 radical (unpaired) electrons. The summed E-state index contributed by atoms with van der Waals surface area (Å²) in [7, 11) is 0. The predicted molar refractivity (Wildman–Crippen MR) is 104 cm³/mol. The summed E-state index contributed by atoms with van der Waals surface area (Å²) in [6.07, 6.45) is 1.48. The van der Waals surface area contributed by atoms with Crippen LogP contribution in [0.3, 0.4) is 0 Å². The summed E-state index contributed by atoms with van der Waals surface area (Å²) in [4.78, 5) is 16.6. The zero-order valence-electron chi connectivity index (χ0n) is 14.5. The second-order valence-corrected chi connectivity index (χ2v) is 6.88. The lowest BCUT2D eigenvalue weighted by Gasteiger charge is -2.08. The highest BCUT2D eigenvalue weighted by Crippen LogP contribution is 2.25. The van der Waals surface area contributed by atoms with Gasteiger partial charge in [-0.1, -0.05) is 42.1 Å². The maximum absolute atomic E-state index is 12.8. The molecule has 0 aliphatic carbocycles. The minimum Gasteiger partial charge on any atom is -0.272 e. The fourth-order valence-corrected chi connectivity index (χ4v) is 3.26. The van der Waals surface area contributed by atoms with Gasteiger partial charge in [-0.2, -0.15) is 5.10 Å². The van der Waals surface area contributed by atoms with Crippen LogP contribution in [0, 0.1) is 19.7 Å². The quantitative estimate of drug-likeness (QED) is 0.417. The molecule has 0 aliphatic heterocycles. The van der Waals surface area contributed by atoms with Crippen molar-refractivity contribution in [1.82, 2.24) is 10.4 Å². The van der Waals surface area contributed by atoms with Gasteiger partial charge in [0.25, 0.3) is 0 Å². The first-order valence-corrected chi connectivity index (χ1v) is 9.09. The summed E-state index contributed by atoms with van der Waals surface area (Å²) in [6.45, 7) is 4.07. The SMILES string of the molecule is Cc1cc(SCC(=O)NN=Cc2ccc(F)cc2)nc2c(C)cccc12. The number of thioether (sulfide) groups is 1. The minimum absolute atomic E-state index is 0.213. The summed E-state index contributed by atoms with van der Waals surface area (Å²) in [6, 6.07) is 13.9. The molecule has 4 nitrogen and oxygen atoms in total. The first-order chi connectivity index (χ1) is 12.5. The van der Waals surface area contributed by atoms with Gasteiger partial charge in [0.15, 0.2) is 0 Å². The van der Waals surface area contributed by atoms with Gasteiger partial charge in [0, 0.05) is 5.39 Å². The number of hydrogen-bond acceptors (Lipinski definition) is 4. The van der Waals surface area contributed by atoms with Crippen molar-refractivity contribution in [3.05, 3.63) is 71.0 Å². The summed E-state index contributed by atoms with van der Waals surface area (Å²) in [5.41, 5.74) is 6.39. The fourth-order valence-electron chi connectivity index (χ4n) is 2.50. The van der Waals surface area contributed by atoms with Crippen molar-refractivity contribution < 1.29 is 9.18 Å². The molecule has 1 N–H and O–H groups in total. The number of para-hydroxylation sites is 1. The minimum atomic E-state index is -0.309. The first-order valence-electron chi connectivity index (χ1n) is 8.10. The Balaban J connectivity index is 1.60. The number of carbonyl (C=O) groups excluding carboxylic acids is 1. The Morgan fingerprint density at radius 3 is 2.73 bits per heavy atom. The molecular weight excluding hydrogens is 349 g/mol. The number of hydrazone groups is 1. The van der Waals surface area contributed by atoms with Crippen LogP contribution < -0.4 is 5.43 Å². The second-order valence-electron chi connectivity index (χ2n) is 5.88. The molecule has 0 unspecified atom stereocenters. The van der Waals surface area contributed by atoms with Crippen LogP contribution in [0.1, 0.15) is 16.7 Å². The Hall–Kier alpha value is -2.73. The van der Waals surface area contributed by atoms with Gasteiger partial charge >= 0.3 is 0 Å². The summed E-state index contributed by atoms with van der Waals surface area (Å²) in [5, 5.41) is 5.82. The highest BCUT2D eigenvalue weighted by Gasteiger charge is 2.07. The molecule has 26 heavy (non-hydrogen) atoms. The summed E-state index contributed by atoms with van der Waals surface area (Å²) < 4.78 is 12.8. The third kappa shape index (κ3) is 4.46. The largest absolute Gasteiger partial charge is 0.272 e. The van der Waals surface area contributed by atoms with Crippen molar-refractivity contribution in [2.45, 2.75) is 18.9 Å². The number of aryl methyl sites for hydroxylation is 2. The monoisotopic (exact) mass is 367 g/mol. The van der Waals surface area contributed by atoms with Crippen LogP contribution in [0.2, 0.25) is 0 Å². The van der Waals surface area contributed by atoms with Crippen LogP contribution >= 0.6 is 11.8 Å². The zero-order valence-corrected chi connectivity index (χ0v) is 15.3. The van der Waals surface area contributed by atoms with Crippen molar-refractivity contribution in [1.29, 1.82) is 0 Å². The summed E-state index contributed by atoms with van der Waals surface area (Å²) >= 11 is 1.37. The van der Waals surface area contributed by atoms with E-state index >= 15 is 0 Å². The molecular formula is C20H18FN3OS. The van der Waals surface area contributed by atoms with Crippen molar-refractivity contribution in [2.24, 2.45) is 5.10 Å². The molecule has 0 saturated heterocycles. The van der Waals surface area contributed by atoms with Gasteiger partial charge in [0.2, 0.25) is 5.91 Å². The van der Waals surface area contributed by atoms with Gasteiger partial charge in [0.05, 0.1) is 22.5 Å². The van der Waals surface area contributed by atoms with Crippen LogP contribution in [0.4, 0.5) is 4.39 Å². The van der Waals surface area contributed by atoms with Crippen molar-refractivity contribution in [3.63, 3.8) is 0 Å². The van der Waals surface area contributed by atoms with E-state index in [1.807, 2.05) is 32.0 Å². The maximum Gasteiger partial charge on any atom is 0.250 e. The zero-order chi connectivity index (χ0) is 18.5. The summed E-state index contributed by atoms with van der Waals surface area (Å²) in [5.74, 6) is -0.321. The van der Waals surface area contributed by atoms with Crippen LogP contribution in [0.25, 0.3) is 10.9 Å². The number of nitrogens with zero attached hydrogens (tertiary/aromatic N) is 2. The van der Waals surface area contributed by atoms with E-state index in [1.165, 1.54) is 30.1 Å². The van der Waals surface area contributed by atoms with Crippen molar-refractivity contribution in [2.75, 3.05) is 5.75 Å². The molecule has 6 heteroatoms. The number of amides is 1. The van der Waals surface area contributed by atoms with Crippen molar-refractivity contribution in [3.8, 4) is 0 Å². The Labute approximate surface area is 155 Å². The lowest BCUT2D eigenvalue weighted by molar-refractivity contribution is -0.118. The van der Waals surface area contributed by atoms with E-state index in [1.54, 1.807) is 12.1 Å². The molecule has 0 atom stereocenters. The second kappa shape index (κ2) is 8.10. The maximum atomic E-state index is 12.8. The normalized spacial score (nSPS) is 11.2. The molecule has 0 fully saturated rings. The van der Waals surface area contributed by atoms with E-state index in [0.29, 0.717) is 5.56 Å². The number of halogens is 1. The molecule has 0 bridgehead atoms. The number of benzene rings is 2. The van der Waals surface area contributed by atoms with Crippen molar-refractivity contribution >= 4 is 34.8 Å². The number of rotatable bonds is 5. The Kier molecular flexibility index (Phi) is 5.63. The lowest BCUT2D eigenvalue weighted by Crippen LogP contribution is -2.19. The lowest BCUT2D eigenvalue weighted by atomic mass is 10.1. The first kappa shape index (κ1) is 18.1. The average Bonchev–Trinajstić information content (AvgIpc) is 2.63. The van der Waals surface area contributed by atoms with Crippen LogP contribution in [0.5, 0.6) is 0 Å². The molecule has 3 rings (SSSR count). The molecule has 0 saturated carbocycles. The van der Waals surface area contributed by atoms with Gasteiger partial charge < -0.3 is 0 Å². The van der Waals surface area contributed by atoms with Gasteiger partial charge in [-0.3, -0.25) is 4.79 Å². The van der Waals surface area contributed by atoms with Gasteiger partial charge in [-0.25, -0.2) is 14.8 Å². The highest BCUT2D eigenvalue weighted by atomic mass is 32.2. The van der Waals surface area contributed by atoms with Crippen LogP contribution in [-0.2, 0) is 4.79 Å². The molecule has 2 aromatic carbocycles. The topological polar surface area (TPSA) is 54.4 Å². The molecule has 0 spiro atoms. The molecule has 1 heterocycles. The number of aromatic nitrogens is 1. The third-order valence-electron chi connectivity index (χ3n) is 3.85. The van der Waals surface area contributed by atoms with Crippen LogP contribution in [-0.4, -0.2) is 22.9 Å². The smallest absolute Gasteiger partial charge is 0.250 e. The van der Waals surface area contributed by atoms with Crippen LogP contribution in [0.15, 0.2) is 58.7 Å². The Morgan fingerprint density at radius 2 is 1.96 bits per heavy atom. The van der Waals surface area contributed by atoms with Gasteiger partial charge in [0.1, 0.15) is 5.82 Å². The number of carbonyl (C=O) groups is 1. The van der Waals surface area contributed by atoms with E-state index in [0.717, 1.165) is 27.1 Å². The van der Waals surface area contributed by atoms with Gasteiger partial charge in [-0.05, 0) is 48.7 Å². The molecule has 1 aromatic heterocycles. The molecule has 1 amide bonds. The van der Waals surface area contributed by atoms with E-state index < -0.39 is 0 Å². The van der Waals surface area contributed by atoms with Gasteiger partial charge in [-0.15, -0.1) is 0 Å². The fraction of sp³-hybridized carbons (Fsp3) is 0.150. The average molecular weight is 367 g/mol. The van der Waals surface area contributed by atoms with E-state index in [4.69, 9.17) is 0 Å². The Bertz CT molecular complexity index is 971. The molecule has 3 aromatic rings. The number of pyridine rings is 1.